The fourth-order valence-corrected chi connectivity index (χ4v) is 1.46. The van der Waals surface area contributed by atoms with E-state index in [1.54, 1.807) is 13.3 Å². The molecule has 2 heterocycles. The number of hydrogen-bond donors (Lipinski definition) is 1. The molecule has 4 nitrogen and oxygen atoms in total. The number of aromatic nitrogens is 2. The van der Waals surface area contributed by atoms with Crippen LogP contribution < -0.4 is 4.74 Å². The summed E-state index contributed by atoms with van der Waals surface area (Å²) < 4.78 is 6.98. The van der Waals surface area contributed by atoms with E-state index >= 15 is 0 Å². The van der Waals surface area contributed by atoms with Crippen molar-refractivity contribution in [2.24, 2.45) is 0 Å². The molecular weight excluding hydrogens is 180 g/mol. The number of hydrogen-bond acceptors (Lipinski definition) is 3. The van der Waals surface area contributed by atoms with Crippen LogP contribution >= 0.6 is 0 Å². The van der Waals surface area contributed by atoms with Crippen molar-refractivity contribution in [1.29, 1.82) is 0 Å². The van der Waals surface area contributed by atoms with Crippen molar-refractivity contribution in [2.45, 2.75) is 6.54 Å². The highest BCUT2D eigenvalue weighted by atomic mass is 16.5. The molecule has 14 heavy (non-hydrogen) atoms. The highest BCUT2D eigenvalue weighted by molar-refractivity contribution is 5.77. The molecule has 2 rings (SSSR count). The minimum absolute atomic E-state index is 0.123. The number of ether oxygens (including phenoxy) is 1. The molecule has 0 saturated heterocycles. The second kappa shape index (κ2) is 3.67. The van der Waals surface area contributed by atoms with E-state index in [1.807, 2.05) is 22.9 Å². The average Bonchev–Trinajstić information content (AvgIpc) is 2.61. The first-order valence-electron chi connectivity index (χ1n) is 4.45. The first kappa shape index (κ1) is 9.02. The monoisotopic (exact) mass is 192 g/mol. The molecule has 2 aromatic rings. The highest BCUT2D eigenvalue weighted by Crippen LogP contribution is 2.18. The molecule has 0 saturated carbocycles. The number of pyridine rings is 1. The molecule has 0 aliphatic heterocycles. The maximum absolute atomic E-state index is 8.82. The number of rotatable bonds is 3. The zero-order valence-corrected chi connectivity index (χ0v) is 7.97. The molecule has 0 radical (unpaired) electrons. The van der Waals surface area contributed by atoms with Gasteiger partial charge >= 0.3 is 0 Å². The Labute approximate surface area is 81.8 Å². The smallest absolute Gasteiger partial charge is 0.140 e. The van der Waals surface area contributed by atoms with Crippen molar-refractivity contribution < 1.29 is 9.84 Å². The van der Waals surface area contributed by atoms with Crippen LogP contribution in [0.3, 0.4) is 0 Å². The maximum atomic E-state index is 8.82. The van der Waals surface area contributed by atoms with Gasteiger partial charge in [-0.25, -0.2) is 4.98 Å². The highest BCUT2D eigenvalue weighted by Gasteiger charge is 2.02. The topological polar surface area (TPSA) is 47.3 Å². The first-order valence-corrected chi connectivity index (χ1v) is 4.45. The first-order chi connectivity index (χ1) is 6.85. The van der Waals surface area contributed by atoms with Crippen molar-refractivity contribution in [3.63, 3.8) is 0 Å². The number of fused-ring (bicyclic) bond motifs is 1. The molecule has 0 fully saturated rings. The third-order valence-electron chi connectivity index (χ3n) is 2.15. The van der Waals surface area contributed by atoms with E-state index in [1.165, 1.54) is 0 Å². The van der Waals surface area contributed by atoms with E-state index in [9.17, 15) is 0 Å². The Morgan fingerprint density at radius 2 is 2.43 bits per heavy atom. The molecule has 0 spiro atoms. The predicted molar refractivity (Wildman–Crippen MR) is 53.4 cm³/mol. The second-order valence-corrected chi connectivity index (χ2v) is 3.02. The third kappa shape index (κ3) is 1.44. The van der Waals surface area contributed by atoms with Crippen LogP contribution in [0.5, 0.6) is 5.75 Å². The minimum Gasteiger partial charge on any atom is -0.495 e. The molecule has 0 amide bonds. The molecule has 0 atom stereocenters. The van der Waals surface area contributed by atoms with Gasteiger partial charge in [-0.05, 0) is 12.1 Å². The van der Waals surface area contributed by atoms with Gasteiger partial charge in [0, 0.05) is 18.1 Å². The van der Waals surface area contributed by atoms with Gasteiger partial charge in [-0.15, -0.1) is 0 Å². The summed E-state index contributed by atoms with van der Waals surface area (Å²) in [6.07, 6.45) is 3.59. The van der Waals surface area contributed by atoms with Crippen molar-refractivity contribution in [2.75, 3.05) is 13.7 Å². The molecule has 0 aliphatic carbocycles. The average molecular weight is 192 g/mol. The summed E-state index contributed by atoms with van der Waals surface area (Å²) >= 11 is 0. The number of aliphatic hydroxyl groups is 1. The fourth-order valence-electron chi connectivity index (χ4n) is 1.46. The third-order valence-corrected chi connectivity index (χ3v) is 2.15. The number of nitrogens with zero attached hydrogens (tertiary/aromatic N) is 2. The molecule has 1 N–H and O–H groups in total. The van der Waals surface area contributed by atoms with Crippen LogP contribution in [-0.2, 0) is 6.54 Å². The Hall–Kier alpha value is -1.55. The summed E-state index contributed by atoms with van der Waals surface area (Å²) in [7, 11) is 1.62. The summed E-state index contributed by atoms with van der Waals surface area (Å²) in [5.41, 5.74) is 0.875. The summed E-state index contributed by atoms with van der Waals surface area (Å²) in [5.74, 6) is 0.749. The Bertz CT molecular complexity index is 437. The predicted octanol–water partition coefficient (Wildman–Crippen LogP) is 1.04. The van der Waals surface area contributed by atoms with Gasteiger partial charge in [-0.1, -0.05) is 0 Å². The van der Waals surface area contributed by atoms with Crippen molar-refractivity contribution in [1.82, 2.24) is 9.55 Å². The van der Waals surface area contributed by atoms with Gasteiger partial charge in [-0.3, -0.25) is 0 Å². The summed E-state index contributed by atoms with van der Waals surface area (Å²) in [5, 5.41) is 9.85. The van der Waals surface area contributed by atoms with E-state index < -0.39 is 0 Å². The Balaban J connectivity index is 2.48. The molecule has 0 unspecified atom stereocenters. The zero-order valence-electron chi connectivity index (χ0n) is 7.97. The van der Waals surface area contributed by atoms with Crippen molar-refractivity contribution in [3.8, 4) is 5.75 Å². The SMILES string of the molecule is COc1cnc2c(ccn2CCO)c1. The Morgan fingerprint density at radius 3 is 3.14 bits per heavy atom. The van der Waals surface area contributed by atoms with E-state index in [2.05, 4.69) is 4.98 Å². The summed E-state index contributed by atoms with van der Waals surface area (Å²) in [4.78, 5) is 4.26. The molecule has 0 bridgehead atoms. The summed E-state index contributed by atoms with van der Waals surface area (Å²) in [6, 6.07) is 3.89. The quantitative estimate of drug-likeness (QED) is 0.790. The van der Waals surface area contributed by atoms with Gasteiger partial charge in [0.05, 0.1) is 19.9 Å². The van der Waals surface area contributed by atoms with Gasteiger partial charge in [0.25, 0.3) is 0 Å². The van der Waals surface area contributed by atoms with Crippen molar-refractivity contribution in [3.05, 3.63) is 24.5 Å². The number of methoxy groups -OCH3 is 1. The Kier molecular flexibility index (Phi) is 2.37. The lowest BCUT2D eigenvalue weighted by Gasteiger charge is -2.02. The second-order valence-electron chi connectivity index (χ2n) is 3.02. The largest absolute Gasteiger partial charge is 0.495 e. The van der Waals surface area contributed by atoms with Crippen LogP contribution in [0, 0.1) is 0 Å². The standard InChI is InChI=1S/C10H12N2O2/c1-14-9-6-8-2-3-12(4-5-13)10(8)11-7-9/h2-3,6-7,13H,4-5H2,1H3. The van der Waals surface area contributed by atoms with E-state index in [4.69, 9.17) is 9.84 Å². The molecule has 0 aliphatic rings. The van der Waals surface area contributed by atoms with Crippen LogP contribution in [0.25, 0.3) is 11.0 Å². The van der Waals surface area contributed by atoms with E-state index in [0.29, 0.717) is 6.54 Å². The van der Waals surface area contributed by atoms with Crippen LogP contribution in [0.2, 0.25) is 0 Å². The maximum Gasteiger partial charge on any atom is 0.140 e. The fraction of sp³-hybridized carbons (Fsp3) is 0.300. The van der Waals surface area contributed by atoms with E-state index in [0.717, 1.165) is 16.8 Å². The lowest BCUT2D eigenvalue weighted by Crippen LogP contribution is -2.00. The minimum atomic E-state index is 0.123. The van der Waals surface area contributed by atoms with Crippen LogP contribution in [0.4, 0.5) is 0 Å². The molecule has 74 valence electrons. The lowest BCUT2D eigenvalue weighted by atomic mass is 10.3. The van der Waals surface area contributed by atoms with Gasteiger partial charge < -0.3 is 14.4 Å². The van der Waals surface area contributed by atoms with Gasteiger partial charge in [0.1, 0.15) is 11.4 Å². The zero-order chi connectivity index (χ0) is 9.97. The molecule has 0 aromatic carbocycles. The number of aliphatic hydroxyl groups excluding tert-OH is 1. The van der Waals surface area contributed by atoms with E-state index in [-0.39, 0.29) is 6.61 Å². The lowest BCUT2D eigenvalue weighted by molar-refractivity contribution is 0.278. The molecule has 4 heteroatoms. The van der Waals surface area contributed by atoms with Crippen LogP contribution in [0.1, 0.15) is 0 Å². The van der Waals surface area contributed by atoms with Crippen LogP contribution in [-0.4, -0.2) is 28.4 Å². The normalized spacial score (nSPS) is 10.7. The molecule has 2 aromatic heterocycles. The van der Waals surface area contributed by atoms with Crippen LogP contribution in [0.15, 0.2) is 24.5 Å². The Morgan fingerprint density at radius 1 is 1.57 bits per heavy atom. The van der Waals surface area contributed by atoms with Gasteiger partial charge in [0.2, 0.25) is 0 Å². The molecular formula is C10H12N2O2. The summed E-state index contributed by atoms with van der Waals surface area (Å²) in [6.45, 7) is 0.695. The van der Waals surface area contributed by atoms with Gasteiger partial charge in [-0.2, -0.15) is 0 Å². The van der Waals surface area contributed by atoms with Gasteiger partial charge in [0.15, 0.2) is 0 Å². The van der Waals surface area contributed by atoms with Crippen molar-refractivity contribution >= 4 is 11.0 Å².